The summed E-state index contributed by atoms with van der Waals surface area (Å²) in [6.45, 7) is 30.6. The van der Waals surface area contributed by atoms with E-state index in [0.29, 0.717) is 0 Å². The molecule has 1 heterocycles. The molecule has 2 aromatic rings. The van der Waals surface area contributed by atoms with Crippen LogP contribution in [0.2, 0.25) is 0 Å². The summed E-state index contributed by atoms with van der Waals surface area (Å²) in [7, 11) is 0. The van der Waals surface area contributed by atoms with Gasteiger partial charge in [-0.05, 0) is 128 Å². The number of aryl methyl sites for hydroxylation is 4. The first kappa shape index (κ1) is 75.6. The molecule has 0 radical (unpaired) electrons. The Morgan fingerprint density at radius 1 is 0.359 bits per heavy atom. The monoisotopic (exact) mass is 1110 g/mol. The minimum Gasteiger partial charge on any atom is -0.493 e. The normalized spacial score (nSPS) is 12.1. The summed E-state index contributed by atoms with van der Waals surface area (Å²) in [6, 6.07) is 9.74. The van der Waals surface area contributed by atoms with E-state index in [9.17, 15) is 5.53 Å². The van der Waals surface area contributed by atoms with Crippen molar-refractivity contribution in [2.75, 3.05) is 0 Å². The van der Waals surface area contributed by atoms with Crippen molar-refractivity contribution < 1.29 is 21.2 Å². The van der Waals surface area contributed by atoms with Crippen LogP contribution in [0.3, 0.4) is 0 Å². The van der Waals surface area contributed by atoms with Crippen molar-refractivity contribution in [2.45, 2.75) is 358 Å². The molecular weight excluding hydrogens is 988 g/mol. The van der Waals surface area contributed by atoms with Crippen LogP contribution in [0, 0.1) is 25.7 Å². The van der Waals surface area contributed by atoms with Crippen LogP contribution in [0.5, 0.6) is 0 Å². The van der Waals surface area contributed by atoms with Gasteiger partial charge in [-0.2, -0.15) is 12.8 Å². The zero-order chi connectivity index (χ0) is 56.6. The molecular formula is C75H128N2Ni. The summed E-state index contributed by atoms with van der Waals surface area (Å²) < 4.78 is 1.58. The predicted octanol–water partition coefficient (Wildman–Crippen LogP) is 25.2. The molecule has 0 N–H and O–H groups in total. The van der Waals surface area contributed by atoms with Crippen LogP contribution in [-0.4, -0.2) is 4.70 Å². The first-order chi connectivity index (χ1) is 37.8. The van der Waals surface area contributed by atoms with Crippen molar-refractivity contribution in [3.8, 4) is 11.8 Å². The SMILES string of the molecule is CCCCCCCCCCCCC#CC1=C(c2cc(CCC)c(CCC)c(CCC)c2)[N+](=[N-])C(c2cc(CCCC)c(CCCC)c(CCCC)c2)=C1CC.[CH2-]CCCCCCCCCC.[CH2-]CCCCCCCCCC.[Ni+2]. The van der Waals surface area contributed by atoms with Crippen LogP contribution in [0.25, 0.3) is 16.9 Å². The fourth-order valence-corrected chi connectivity index (χ4v) is 11.4. The maximum atomic E-state index is 12.6. The van der Waals surface area contributed by atoms with E-state index >= 15 is 0 Å². The molecule has 0 saturated heterocycles. The number of rotatable bonds is 44. The number of nitrogens with zero attached hydrogens (tertiary/aromatic N) is 2. The van der Waals surface area contributed by atoms with Gasteiger partial charge >= 0.3 is 16.5 Å². The van der Waals surface area contributed by atoms with Crippen LogP contribution >= 0.6 is 0 Å². The maximum Gasteiger partial charge on any atom is 2.00 e. The second-order valence-electron chi connectivity index (χ2n) is 23.2. The molecule has 3 rings (SSSR count). The summed E-state index contributed by atoms with van der Waals surface area (Å²) in [5, 5.41) is 0. The third-order valence-electron chi connectivity index (χ3n) is 16.0. The zero-order valence-corrected chi connectivity index (χ0v) is 54.7. The van der Waals surface area contributed by atoms with Crippen molar-refractivity contribution in [1.82, 2.24) is 0 Å². The van der Waals surface area contributed by atoms with Gasteiger partial charge in [-0.3, -0.25) is 0 Å². The Hall–Kier alpha value is -2.43. The Kier molecular flexibility index (Phi) is 51.0. The average molecular weight is 1120 g/mol. The minimum absolute atomic E-state index is 0. The fourth-order valence-electron chi connectivity index (χ4n) is 11.4. The number of hydrogen-bond acceptors (Lipinski definition) is 0. The first-order valence-corrected chi connectivity index (χ1v) is 34.1. The summed E-state index contributed by atoms with van der Waals surface area (Å²) in [5.41, 5.74) is 28.1. The second kappa shape index (κ2) is 52.6. The smallest absolute Gasteiger partial charge is 0.493 e. The van der Waals surface area contributed by atoms with Gasteiger partial charge in [0.25, 0.3) is 0 Å². The second-order valence-corrected chi connectivity index (χ2v) is 23.2. The van der Waals surface area contributed by atoms with E-state index in [1.165, 1.54) is 232 Å². The van der Waals surface area contributed by atoms with Gasteiger partial charge in [0.2, 0.25) is 11.4 Å². The van der Waals surface area contributed by atoms with Crippen molar-refractivity contribution in [2.24, 2.45) is 0 Å². The molecule has 0 saturated carbocycles. The van der Waals surface area contributed by atoms with E-state index < -0.39 is 0 Å². The third-order valence-corrected chi connectivity index (χ3v) is 16.0. The summed E-state index contributed by atoms with van der Waals surface area (Å²) in [4.78, 5) is 0. The van der Waals surface area contributed by atoms with Crippen molar-refractivity contribution in [3.05, 3.63) is 99.3 Å². The molecule has 0 amide bonds. The van der Waals surface area contributed by atoms with Gasteiger partial charge in [-0.25, -0.2) is 4.70 Å². The Bertz CT molecular complexity index is 1810. The molecule has 1 aliphatic heterocycles. The molecule has 0 spiro atoms. The van der Waals surface area contributed by atoms with Crippen LogP contribution in [0.1, 0.15) is 364 Å². The minimum atomic E-state index is 0. The Labute approximate surface area is 499 Å². The number of allylic oxidation sites excluding steroid dienone is 2. The molecule has 78 heavy (non-hydrogen) atoms. The Morgan fingerprint density at radius 3 is 1.04 bits per heavy atom. The van der Waals surface area contributed by atoms with Crippen LogP contribution in [-0.2, 0) is 55.0 Å². The van der Waals surface area contributed by atoms with Crippen molar-refractivity contribution in [3.63, 3.8) is 0 Å². The van der Waals surface area contributed by atoms with Gasteiger partial charge < -0.3 is 19.4 Å². The van der Waals surface area contributed by atoms with E-state index in [0.717, 1.165) is 112 Å². The van der Waals surface area contributed by atoms with Crippen LogP contribution in [0.15, 0.2) is 35.4 Å². The Balaban J connectivity index is 0.00000214. The topological polar surface area (TPSA) is 25.3 Å². The molecule has 1 aliphatic rings. The first-order valence-electron chi connectivity index (χ1n) is 34.1. The van der Waals surface area contributed by atoms with Crippen LogP contribution in [0.4, 0.5) is 0 Å². The van der Waals surface area contributed by atoms with Gasteiger partial charge in [0.05, 0.1) is 0 Å². The molecule has 0 bridgehead atoms. The quantitative estimate of drug-likeness (QED) is 0.0208. The summed E-state index contributed by atoms with van der Waals surface area (Å²) in [5.74, 6) is 7.39. The van der Waals surface area contributed by atoms with E-state index in [2.05, 4.69) is 119 Å². The molecule has 0 aliphatic carbocycles. The number of hydrogen-bond donors (Lipinski definition) is 0. The largest absolute Gasteiger partial charge is 2.00 e. The molecule has 0 fully saturated rings. The van der Waals surface area contributed by atoms with Crippen molar-refractivity contribution >= 4 is 11.4 Å². The average Bonchev–Trinajstić information content (AvgIpc) is 3.87. The molecule has 3 heteroatoms. The standard InChI is InChI=1S/C53H82N2.2C11H23.Ni/c1-9-17-21-22-23-24-25-26-27-28-29-30-37-51-48(16-8)52(46-40-44(34-18-10-2)50(36-20-12-4)45(41-46)35-19-11-3)55(54)53(51)47-38-42(31-13-5)49(33-15-7)43(39-47)32-14-6;2*1-3-5-7-9-11-10-8-6-4-2;/h38-41H,9-29,31-36H2,1-8H3;2*1,3-11H2,2H3;/q;2*-1;+2. The Morgan fingerprint density at radius 2 is 0.679 bits per heavy atom. The van der Waals surface area contributed by atoms with E-state index in [1.54, 1.807) is 15.8 Å². The predicted molar refractivity (Wildman–Crippen MR) is 348 cm³/mol. The fraction of sp³-hybridized carbons (Fsp3) is 0.733. The van der Waals surface area contributed by atoms with E-state index in [1.807, 2.05) is 0 Å². The van der Waals surface area contributed by atoms with Gasteiger partial charge in [-0.1, -0.05) is 280 Å². The maximum absolute atomic E-state index is 12.6. The zero-order valence-electron chi connectivity index (χ0n) is 53.8. The van der Waals surface area contributed by atoms with Gasteiger partial charge in [0, 0.05) is 23.1 Å². The molecule has 0 aromatic heterocycles. The van der Waals surface area contributed by atoms with Crippen LogP contribution < -0.4 is 0 Å². The molecule has 0 unspecified atom stereocenters. The van der Waals surface area contributed by atoms with E-state index in [4.69, 9.17) is 0 Å². The summed E-state index contributed by atoms with van der Waals surface area (Å²) in [6.07, 6.45) is 57.1. The third kappa shape index (κ3) is 31.7. The molecule has 2 nitrogen and oxygen atoms in total. The van der Waals surface area contributed by atoms with Crippen molar-refractivity contribution in [1.29, 1.82) is 0 Å². The number of unbranched alkanes of at least 4 members (excludes halogenated alkanes) is 29. The molecule has 0 atom stereocenters. The summed E-state index contributed by atoms with van der Waals surface area (Å²) >= 11 is 0. The number of benzene rings is 2. The molecule has 448 valence electrons. The van der Waals surface area contributed by atoms with Gasteiger partial charge in [0.1, 0.15) is 5.57 Å². The van der Waals surface area contributed by atoms with Gasteiger partial charge in [0.15, 0.2) is 0 Å². The van der Waals surface area contributed by atoms with Gasteiger partial charge in [-0.15, -0.1) is 0 Å². The molecule has 2 aromatic carbocycles. The van der Waals surface area contributed by atoms with E-state index in [-0.39, 0.29) is 16.5 Å².